The van der Waals surface area contributed by atoms with Crippen molar-refractivity contribution >= 4 is 29.3 Å². The van der Waals surface area contributed by atoms with Gasteiger partial charge in [-0.25, -0.2) is 4.79 Å². The molecular weight excluding hydrogens is 476 g/mol. The number of morpholine rings is 1. The number of aromatic nitrogens is 1. The number of benzene rings is 1. The van der Waals surface area contributed by atoms with Crippen molar-refractivity contribution in [3.63, 3.8) is 0 Å². The number of rotatable bonds is 3. The lowest BCUT2D eigenvalue weighted by Crippen LogP contribution is -2.51. The minimum absolute atomic E-state index is 0.0207. The summed E-state index contributed by atoms with van der Waals surface area (Å²) in [6.45, 7) is 12.6. The minimum Gasteiger partial charge on any atom is -0.444 e. The maximum absolute atomic E-state index is 12.7. The van der Waals surface area contributed by atoms with Crippen LogP contribution in [0.2, 0.25) is 5.02 Å². The van der Waals surface area contributed by atoms with Crippen molar-refractivity contribution < 1.29 is 14.3 Å². The fraction of sp³-hybridized carbons (Fsp3) is 0.500. The second-order valence-corrected chi connectivity index (χ2v) is 11.1. The van der Waals surface area contributed by atoms with Gasteiger partial charge in [-0.3, -0.25) is 14.8 Å². The topological polar surface area (TPSA) is 58.1 Å². The lowest BCUT2D eigenvalue weighted by Gasteiger charge is -2.40. The highest BCUT2D eigenvalue weighted by Gasteiger charge is 2.34. The number of amides is 1. The predicted molar refractivity (Wildman–Crippen MR) is 142 cm³/mol. The summed E-state index contributed by atoms with van der Waals surface area (Å²) in [6.07, 6.45) is 3.91. The van der Waals surface area contributed by atoms with Crippen LogP contribution >= 0.6 is 11.6 Å². The Bertz CT molecular complexity index is 1130. The van der Waals surface area contributed by atoms with Gasteiger partial charge in [-0.2, -0.15) is 0 Å². The molecule has 192 valence electrons. The van der Waals surface area contributed by atoms with Crippen molar-refractivity contribution in [3.8, 4) is 0 Å². The van der Waals surface area contributed by atoms with E-state index in [4.69, 9.17) is 26.1 Å². The highest BCUT2D eigenvalue weighted by Crippen LogP contribution is 2.40. The van der Waals surface area contributed by atoms with E-state index in [-0.39, 0.29) is 12.1 Å². The van der Waals surface area contributed by atoms with Gasteiger partial charge in [0, 0.05) is 57.0 Å². The second kappa shape index (κ2) is 10.5. The maximum Gasteiger partial charge on any atom is 0.410 e. The lowest BCUT2D eigenvalue weighted by molar-refractivity contribution is 0.0118. The molecule has 3 aliphatic rings. The molecule has 0 radical (unpaired) electrons. The molecule has 2 aliphatic heterocycles. The Morgan fingerprint density at radius 1 is 1.11 bits per heavy atom. The molecule has 1 unspecified atom stereocenters. The first-order chi connectivity index (χ1) is 17.3. The number of hydrogen-bond acceptors (Lipinski definition) is 6. The molecule has 1 aromatic heterocycles. The smallest absolute Gasteiger partial charge is 0.410 e. The van der Waals surface area contributed by atoms with Crippen molar-refractivity contribution in [2.75, 3.05) is 59.0 Å². The molecule has 1 aliphatic carbocycles. The molecule has 0 bridgehead atoms. The Labute approximate surface area is 218 Å². The average molecular weight is 511 g/mol. The van der Waals surface area contributed by atoms with Gasteiger partial charge in [0.1, 0.15) is 5.60 Å². The van der Waals surface area contributed by atoms with Crippen molar-refractivity contribution in [1.82, 2.24) is 19.7 Å². The van der Waals surface area contributed by atoms with E-state index in [1.54, 1.807) is 0 Å². The Kier molecular flexibility index (Phi) is 7.35. The van der Waals surface area contributed by atoms with E-state index in [0.29, 0.717) is 13.1 Å². The van der Waals surface area contributed by atoms with Crippen LogP contribution in [0.3, 0.4) is 0 Å². The first-order valence-electron chi connectivity index (χ1n) is 12.8. The van der Waals surface area contributed by atoms with Crippen LogP contribution < -0.4 is 0 Å². The van der Waals surface area contributed by atoms with Crippen molar-refractivity contribution in [2.45, 2.75) is 32.4 Å². The fourth-order valence-electron chi connectivity index (χ4n) is 5.23. The summed E-state index contributed by atoms with van der Waals surface area (Å²) in [4.78, 5) is 24.2. The third kappa shape index (κ3) is 5.59. The molecular formula is C28H35ClN4O3. The molecule has 0 N–H and O–H groups in total. The van der Waals surface area contributed by atoms with Crippen molar-refractivity contribution in [2.24, 2.45) is 0 Å². The molecule has 36 heavy (non-hydrogen) atoms. The zero-order valence-electron chi connectivity index (χ0n) is 21.4. The maximum atomic E-state index is 12.7. The predicted octanol–water partition coefficient (Wildman–Crippen LogP) is 4.56. The molecule has 3 heterocycles. The van der Waals surface area contributed by atoms with E-state index in [1.165, 1.54) is 16.7 Å². The van der Waals surface area contributed by atoms with Gasteiger partial charge >= 0.3 is 6.09 Å². The zero-order valence-corrected chi connectivity index (χ0v) is 22.1. The molecule has 2 fully saturated rings. The molecule has 5 rings (SSSR count). The van der Waals surface area contributed by atoms with Crippen LogP contribution in [0.15, 0.2) is 36.5 Å². The number of piperazine rings is 1. The Balaban J connectivity index is 1.46. The van der Waals surface area contributed by atoms with Crippen LogP contribution in [0.4, 0.5) is 4.79 Å². The van der Waals surface area contributed by atoms with Crippen LogP contribution in [0.25, 0.3) is 11.6 Å². The fourth-order valence-corrected chi connectivity index (χ4v) is 5.40. The number of halogens is 1. The van der Waals surface area contributed by atoms with Crippen LogP contribution in [0, 0.1) is 0 Å². The van der Waals surface area contributed by atoms with Crippen LogP contribution in [-0.2, 0) is 9.47 Å². The minimum atomic E-state index is -0.501. The SMILES string of the molecule is CC(C)(C)OC(=O)N1CCN(C2c3ccc(Cl)cc3C(CN3CCOCC3)=Cc3cccnc32)CC1. The van der Waals surface area contributed by atoms with E-state index in [9.17, 15) is 4.79 Å². The molecule has 1 atom stereocenters. The second-order valence-electron chi connectivity index (χ2n) is 10.7. The molecule has 1 amide bonds. The average Bonchev–Trinajstić information content (AvgIpc) is 2.98. The van der Waals surface area contributed by atoms with Gasteiger partial charge in [0.2, 0.25) is 0 Å². The summed E-state index contributed by atoms with van der Waals surface area (Å²) in [7, 11) is 0. The van der Waals surface area contributed by atoms with E-state index in [1.807, 2.05) is 44.0 Å². The number of nitrogens with zero attached hydrogens (tertiary/aromatic N) is 4. The number of carbonyl (C=O) groups is 1. The molecule has 0 spiro atoms. The Morgan fingerprint density at radius 3 is 2.58 bits per heavy atom. The first-order valence-corrected chi connectivity index (χ1v) is 13.1. The number of fused-ring (bicyclic) bond motifs is 2. The zero-order chi connectivity index (χ0) is 25.3. The number of hydrogen-bond donors (Lipinski definition) is 0. The van der Waals surface area contributed by atoms with Crippen molar-refractivity contribution in [1.29, 1.82) is 0 Å². The lowest BCUT2D eigenvalue weighted by atomic mass is 9.93. The molecule has 2 saturated heterocycles. The highest BCUT2D eigenvalue weighted by atomic mass is 35.5. The summed E-state index contributed by atoms with van der Waals surface area (Å²) in [5, 5.41) is 0.731. The van der Waals surface area contributed by atoms with Gasteiger partial charge in [0.25, 0.3) is 0 Å². The monoisotopic (exact) mass is 510 g/mol. The van der Waals surface area contributed by atoms with E-state index >= 15 is 0 Å². The van der Waals surface area contributed by atoms with Gasteiger partial charge < -0.3 is 14.4 Å². The van der Waals surface area contributed by atoms with Gasteiger partial charge in [0.05, 0.1) is 24.9 Å². The van der Waals surface area contributed by atoms with Crippen LogP contribution in [-0.4, -0.2) is 90.4 Å². The quantitative estimate of drug-likeness (QED) is 0.603. The number of ether oxygens (including phenoxy) is 2. The molecule has 2 aromatic rings. The third-order valence-electron chi connectivity index (χ3n) is 6.94. The third-order valence-corrected chi connectivity index (χ3v) is 7.18. The highest BCUT2D eigenvalue weighted by molar-refractivity contribution is 6.30. The van der Waals surface area contributed by atoms with Gasteiger partial charge in [-0.1, -0.05) is 23.7 Å². The summed E-state index contributed by atoms with van der Waals surface area (Å²) in [5.74, 6) is 0. The normalized spacial score (nSPS) is 21.3. The summed E-state index contributed by atoms with van der Waals surface area (Å²) in [6, 6.07) is 10.4. The van der Waals surface area contributed by atoms with E-state index in [2.05, 4.69) is 34.1 Å². The van der Waals surface area contributed by atoms with Crippen LogP contribution in [0.5, 0.6) is 0 Å². The van der Waals surface area contributed by atoms with Gasteiger partial charge in [0.15, 0.2) is 0 Å². The molecule has 0 saturated carbocycles. The van der Waals surface area contributed by atoms with E-state index in [0.717, 1.165) is 62.2 Å². The Morgan fingerprint density at radius 2 is 1.86 bits per heavy atom. The van der Waals surface area contributed by atoms with Gasteiger partial charge in [-0.15, -0.1) is 0 Å². The number of pyridine rings is 1. The molecule has 8 heteroatoms. The Hall–Kier alpha value is -2.45. The summed E-state index contributed by atoms with van der Waals surface area (Å²) >= 11 is 6.54. The molecule has 7 nitrogen and oxygen atoms in total. The molecule has 1 aromatic carbocycles. The number of carbonyl (C=O) groups excluding carboxylic acids is 1. The summed E-state index contributed by atoms with van der Waals surface area (Å²) in [5.41, 5.74) is 5.31. The first kappa shape index (κ1) is 25.2. The van der Waals surface area contributed by atoms with Crippen LogP contribution in [0.1, 0.15) is 49.2 Å². The summed E-state index contributed by atoms with van der Waals surface area (Å²) < 4.78 is 11.2. The van der Waals surface area contributed by atoms with Crippen molar-refractivity contribution in [3.05, 3.63) is 63.9 Å². The van der Waals surface area contributed by atoms with Gasteiger partial charge in [-0.05, 0) is 67.3 Å². The van der Waals surface area contributed by atoms with E-state index < -0.39 is 5.60 Å². The largest absolute Gasteiger partial charge is 0.444 e. The standard InChI is InChI=1S/C28H35ClN4O3/c1-28(2,3)36-27(34)33-11-9-32(10-12-33)26-23-7-6-22(29)18-24(23)21(19-31-13-15-35-16-14-31)17-20-5-4-8-30-25(20)26/h4-8,17-18,26H,9-16,19H2,1-3H3.